The highest BCUT2D eigenvalue weighted by Crippen LogP contribution is 2.19. The molecular formula is C17H27N3O4S. The molecule has 2 atom stereocenters. The van der Waals surface area contributed by atoms with Gasteiger partial charge in [-0.05, 0) is 37.3 Å². The zero-order chi connectivity index (χ0) is 18.4. The van der Waals surface area contributed by atoms with E-state index in [-0.39, 0.29) is 17.5 Å². The molecule has 1 amide bonds. The fourth-order valence-electron chi connectivity index (χ4n) is 2.82. The second-order valence-corrected chi connectivity index (χ2v) is 8.73. The Morgan fingerprint density at radius 3 is 2.84 bits per heavy atom. The number of rotatable bonds is 6. The molecular weight excluding hydrogens is 342 g/mol. The molecule has 2 heterocycles. The van der Waals surface area contributed by atoms with Gasteiger partial charge in [0.15, 0.2) is 5.03 Å². The van der Waals surface area contributed by atoms with Crippen LogP contribution in [0, 0.1) is 5.92 Å². The lowest BCUT2D eigenvalue weighted by atomic mass is 10.0. The number of nitrogens with zero attached hydrogens (tertiary/aromatic N) is 2. The first-order chi connectivity index (χ1) is 11.8. The molecule has 2 unspecified atom stereocenters. The molecule has 0 spiro atoms. The third kappa shape index (κ3) is 5.49. The fourth-order valence-corrected chi connectivity index (χ4v) is 4.25. The van der Waals surface area contributed by atoms with Crippen LogP contribution in [-0.2, 0) is 14.8 Å². The summed E-state index contributed by atoms with van der Waals surface area (Å²) in [6.45, 7) is 4.35. The molecule has 2 rings (SSSR count). The minimum Gasteiger partial charge on any atom is -0.390 e. The van der Waals surface area contributed by atoms with Crippen LogP contribution < -0.4 is 5.32 Å². The molecule has 7 nitrogen and oxygen atoms in total. The summed E-state index contributed by atoms with van der Waals surface area (Å²) in [6.07, 6.45) is 2.80. The number of pyridine rings is 1. The van der Waals surface area contributed by atoms with E-state index in [0.717, 1.165) is 6.42 Å². The molecule has 0 radical (unpaired) electrons. The van der Waals surface area contributed by atoms with Crippen molar-refractivity contribution in [2.45, 2.75) is 56.7 Å². The molecule has 0 bridgehead atoms. The van der Waals surface area contributed by atoms with Crippen LogP contribution in [0.15, 0.2) is 29.4 Å². The number of β-amino-alcohol motifs (C(OH)–C–C–N with tert-alkyl or cyclic N) is 1. The van der Waals surface area contributed by atoms with Crippen molar-refractivity contribution in [1.82, 2.24) is 14.6 Å². The van der Waals surface area contributed by atoms with E-state index in [0.29, 0.717) is 31.7 Å². The number of hydrogen-bond donors (Lipinski definition) is 2. The van der Waals surface area contributed by atoms with E-state index in [2.05, 4.69) is 10.3 Å². The predicted molar refractivity (Wildman–Crippen MR) is 94.2 cm³/mol. The minimum atomic E-state index is -3.74. The highest BCUT2D eigenvalue weighted by Gasteiger charge is 2.33. The predicted octanol–water partition coefficient (Wildman–Crippen LogP) is 1.15. The van der Waals surface area contributed by atoms with Crippen LogP contribution in [0.1, 0.15) is 39.5 Å². The molecule has 25 heavy (non-hydrogen) atoms. The summed E-state index contributed by atoms with van der Waals surface area (Å²) >= 11 is 0. The molecule has 1 fully saturated rings. The maximum Gasteiger partial charge on any atom is 0.260 e. The second-order valence-electron chi connectivity index (χ2n) is 6.85. The van der Waals surface area contributed by atoms with E-state index >= 15 is 0 Å². The first-order valence-corrected chi connectivity index (χ1v) is 10.1. The highest BCUT2D eigenvalue weighted by molar-refractivity contribution is 7.89. The number of carbonyl (C=O) groups excluding carboxylic acids is 1. The smallest absolute Gasteiger partial charge is 0.260 e. The number of aliphatic hydroxyl groups is 1. The summed E-state index contributed by atoms with van der Waals surface area (Å²) < 4.78 is 26.6. The lowest BCUT2D eigenvalue weighted by molar-refractivity contribution is -0.122. The Bertz CT molecular complexity index is 664. The van der Waals surface area contributed by atoms with Crippen LogP contribution in [-0.4, -0.2) is 54.0 Å². The van der Waals surface area contributed by atoms with Gasteiger partial charge in [-0.2, -0.15) is 4.31 Å². The SMILES string of the molecule is CC(C)CCC(=O)NC1CCCN(S(=O)(=O)c2ccccn2)CC1O. The van der Waals surface area contributed by atoms with Gasteiger partial charge < -0.3 is 10.4 Å². The Morgan fingerprint density at radius 2 is 2.20 bits per heavy atom. The number of amides is 1. The average Bonchev–Trinajstić information content (AvgIpc) is 2.76. The molecule has 0 aromatic carbocycles. The van der Waals surface area contributed by atoms with Crippen LogP contribution >= 0.6 is 0 Å². The van der Waals surface area contributed by atoms with Gasteiger partial charge in [0.2, 0.25) is 5.91 Å². The number of aromatic nitrogens is 1. The van der Waals surface area contributed by atoms with Crippen molar-refractivity contribution in [3.63, 3.8) is 0 Å². The number of hydrogen-bond acceptors (Lipinski definition) is 5. The molecule has 1 aliphatic rings. The number of nitrogens with one attached hydrogen (secondary N) is 1. The molecule has 0 saturated carbocycles. The van der Waals surface area contributed by atoms with Crippen LogP contribution in [0.4, 0.5) is 0 Å². The quantitative estimate of drug-likeness (QED) is 0.783. The maximum absolute atomic E-state index is 12.7. The summed E-state index contributed by atoms with van der Waals surface area (Å²) in [5.74, 6) is 0.336. The third-order valence-corrected chi connectivity index (χ3v) is 6.10. The van der Waals surface area contributed by atoms with Crippen molar-refractivity contribution in [1.29, 1.82) is 0 Å². The monoisotopic (exact) mass is 369 g/mol. The highest BCUT2D eigenvalue weighted by atomic mass is 32.2. The third-order valence-electron chi connectivity index (χ3n) is 4.31. The van der Waals surface area contributed by atoms with E-state index in [9.17, 15) is 18.3 Å². The maximum atomic E-state index is 12.7. The van der Waals surface area contributed by atoms with Crippen molar-refractivity contribution in [3.8, 4) is 0 Å². The lowest BCUT2D eigenvalue weighted by Gasteiger charge is -2.25. The van der Waals surface area contributed by atoms with Crippen molar-refractivity contribution >= 4 is 15.9 Å². The number of aliphatic hydroxyl groups excluding tert-OH is 1. The fraction of sp³-hybridized carbons (Fsp3) is 0.647. The van der Waals surface area contributed by atoms with E-state index < -0.39 is 22.2 Å². The standard InChI is InChI=1S/C17H27N3O4S/c1-13(2)8-9-16(22)19-14-6-5-11-20(12-15(14)21)25(23,24)17-7-3-4-10-18-17/h3-4,7,10,13-15,21H,5-6,8-9,11-12H2,1-2H3,(H,19,22). The van der Waals surface area contributed by atoms with Crippen LogP contribution in [0.25, 0.3) is 0 Å². The lowest BCUT2D eigenvalue weighted by Crippen LogP contribution is -2.47. The normalized spacial score (nSPS) is 22.6. The Balaban J connectivity index is 2.01. The van der Waals surface area contributed by atoms with Gasteiger partial charge in [-0.25, -0.2) is 13.4 Å². The Labute approximate surface area is 149 Å². The molecule has 0 aliphatic carbocycles. The van der Waals surface area contributed by atoms with Gasteiger partial charge in [0.25, 0.3) is 10.0 Å². The van der Waals surface area contributed by atoms with Gasteiger partial charge in [0.05, 0.1) is 12.1 Å². The Morgan fingerprint density at radius 1 is 1.44 bits per heavy atom. The number of carbonyl (C=O) groups is 1. The molecule has 8 heteroatoms. The molecule has 1 aromatic rings. The van der Waals surface area contributed by atoms with Crippen molar-refractivity contribution in [3.05, 3.63) is 24.4 Å². The molecule has 2 N–H and O–H groups in total. The van der Waals surface area contributed by atoms with E-state index in [1.165, 1.54) is 16.6 Å². The Hall–Kier alpha value is -1.51. The minimum absolute atomic E-state index is 0.0263. The van der Waals surface area contributed by atoms with Crippen LogP contribution in [0.5, 0.6) is 0 Å². The largest absolute Gasteiger partial charge is 0.390 e. The molecule has 1 saturated heterocycles. The summed E-state index contributed by atoms with van der Waals surface area (Å²) in [5.41, 5.74) is 0. The van der Waals surface area contributed by atoms with Crippen molar-refractivity contribution in [2.75, 3.05) is 13.1 Å². The van der Waals surface area contributed by atoms with Crippen molar-refractivity contribution in [2.24, 2.45) is 5.92 Å². The zero-order valence-electron chi connectivity index (χ0n) is 14.8. The van der Waals surface area contributed by atoms with E-state index in [4.69, 9.17) is 0 Å². The van der Waals surface area contributed by atoms with Crippen LogP contribution in [0.2, 0.25) is 0 Å². The molecule has 1 aliphatic heterocycles. The summed E-state index contributed by atoms with van der Waals surface area (Å²) in [4.78, 5) is 15.9. The van der Waals surface area contributed by atoms with Gasteiger partial charge in [-0.1, -0.05) is 19.9 Å². The van der Waals surface area contributed by atoms with E-state index in [1.807, 2.05) is 13.8 Å². The average molecular weight is 369 g/mol. The zero-order valence-corrected chi connectivity index (χ0v) is 15.6. The van der Waals surface area contributed by atoms with Gasteiger partial charge in [-0.15, -0.1) is 0 Å². The van der Waals surface area contributed by atoms with Crippen molar-refractivity contribution < 1.29 is 18.3 Å². The number of sulfonamides is 1. The first-order valence-electron chi connectivity index (χ1n) is 8.69. The van der Waals surface area contributed by atoms with Gasteiger partial charge in [0.1, 0.15) is 0 Å². The molecule has 140 valence electrons. The topological polar surface area (TPSA) is 99.6 Å². The molecule has 1 aromatic heterocycles. The van der Waals surface area contributed by atoms with Gasteiger partial charge in [0, 0.05) is 25.7 Å². The summed E-state index contributed by atoms with van der Waals surface area (Å²) in [7, 11) is -3.74. The van der Waals surface area contributed by atoms with E-state index in [1.54, 1.807) is 12.1 Å². The van der Waals surface area contributed by atoms with Gasteiger partial charge >= 0.3 is 0 Å². The Kier molecular flexibility index (Phi) is 6.92. The summed E-state index contributed by atoms with van der Waals surface area (Å²) in [6, 6.07) is 4.28. The summed E-state index contributed by atoms with van der Waals surface area (Å²) in [5, 5.41) is 13.2. The second kappa shape index (κ2) is 8.73. The van der Waals surface area contributed by atoms with Crippen LogP contribution in [0.3, 0.4) is 0 Å². The van der Waals surface area contributed by atoms with Gasteiger partial charge in [-0.3, -0.25) is 4.79 Å². The first kappa shape index (κ1) is 19.8.